The number of ether oxygens (including phenoxy) is 1. The van der Waals surface area contributed by atoms with Crippen LogP contribution >= 0.6 is 24.0 Å². The number of benzene rings is 2. The van der Waals surface area contributed by atoms with Crippen molar-refractivity contribution in [3.63, 3.8) is 0 Å². The number of halogens is 2. The van der Waals surface area contributed by atoms with Gasteiger partial charge in [0.15, 0.2) is 5.17 Å². The van der Waals surface area contributed by atoms with E-state index in [0.29, 0.717) is 18.4 Å². The van der Waals surface area contributed by atoms with E-state index >= 15 is 0 Å². The number of nitrogens with one attached hydrogen (secondary N) is 2. The van der Waals surface area contributed by atoms with Crippen molar-refractivity contribution in [2.24, 2.45) is 10.7 Å². The van der Waals surface area contributed by atoms with Crippen LogP contribution in [0.3, 0.4) is 0 Å². The number of urea groups is 1. The molecule has 2 rings (SSSR count). The number of rotatable bonds is 5. The zero-order chi connectivity index (χ0) is 19.6. The van der Waals surface area contributed by atoms with Crippen molar-refractivity contribution in [2.75, 3.05) is 17.7 Å². The molecule has 0 unspecified atom stereocenters. The van der Waals surface area contributed by atoms with E-state index in [1.165, 1.54) is 11.8 Å². The monoisotopic (exact) mass is 410 g/mol. The van der Waals surface area contributed by atoms with Gasteiger partial charge in [0.05, 0.1) is 12.3 Å². The van der Waals surface area contributed by atoms with Gasteiger partial charge in [-0.3, -0.25) is 5.32 Å². The molecule has 0 radical (unpaired) electrons. The van der Waals surface area contributed by atoms with Crippen molar-refractivity contribution in [3.8, 4) is 5.75 Å². The summed E-state index contributed by atoms with van der Waals surface area (Å²) in [6, 6.07) is 11.2. The van der Waals surface area contributed by atoms with Gasteiger partial charge in [0.2, 0.25) is 5.11 Å². The first-order chi connectivity index (χ1) is 12.9. The maximum Gasteiger partial charge on any atom is 0.325 e. The van der Waals surface area contributed by atoms with E-state index in [4.69, 9.17) is 22.7 Å². The average Bonchev–Trinajstić information content (AvgIpc) is 2.62. The number of thiocarbonyl (C=S) groups is 1. The van der Waals surface area contributed by atoms with Gasteiger partial charge in [0, 0.05) is 11.8 Å². The van der Waals surface area contributed by atoms with E-state index in [1.807, 2.05) is 30.3 Å². The molecule has 27 heavy (non-hydrogen) atoms. The summed E-state index contributed by atoms with van der Waals surface area (Å²) in [6.45, 7) is 0.412. The summed E-state index contributed by atoms with van der Waals surface area (Å²) in [5.41, 5.74) is 5.53. The first kappa shape index (κ1) is 20.6. The van der Waals surface area contributed by atoms with Crippen molar-refractivity contribution in [3.05, 3.63) is 60.2 Å². The van der Waals surface area contributed by atoms with Crippen LogP contribution in [-0.2, 0) is 0 Å². The van der Waals surface area contributed by atoms with Crippen molar-refractivity contribution in [1.29, 1.82) is 0 Å². The zero-order valence-electron chi connectivity index (χ0n) is 13.9. The molecule has 0 aromatic heterocycles. The van der Waals surface area contributed by atoms with Crippen molar-refractivity contribution < 1.29 is 18.3 Å². The fourth-order valence-electron chi connectivity index (χ4n) is 1.82. The number of anilines is 1. The van der Waals surface area contributed by atoms with Crippen LogP contribution in [0.25, 0.3) is 0 Å². The van der Waals surface area contributed by atoms with E-state index < -0.39 is 17.7 Å². The number of para-hydroxylation sites is 1. The Hall–Kier alpha value is -2.72. The second kappa shape index (κ2) is 10.4. The third-order valence-corrected chi connectivity index (χ3v) is 3.91. The van der Waals surface area contributed by atoms with Gasteiger partial charge in [-0.1, -0.05) is 30.0 Å². The molecule has 2 aromatic rings. The van der Waals surface area contributed by atoms with Crippen LogP contribution in [0.1, 0.15) is 0 Å². The highest BCUT2D eigenvalue weighted by atomic mass is 32.2. The third-order valence-electron chi connectivity index (χ3n) is 2.96. The summed E-state index contributed by atoms with van der Waals surface area (Å²) in [5.74, 6) is -0.386. The molecule has 0 heterocycles. The van der Waals surface area contributed by atoms with Crippen LogP contribution in [0.2, 0.25) is 0 Å². The number of amides is 2. The number of aliphatic imine (C=N–C) groups is 1. The van der Waals surface area contributed by atoms with Gasteiger partial charge >= 0.3 is 6.03 Å². The molecule has 4 N–H and O–H groups in total. The van der Waals surface area contributed by atoms with Gasteiger partial charge in [-0.15, -0.1) is 0 Å². The molecule has 6 nitrogen and oxygen atoms in total. The van der Waals surface area contributed by atoms with E-state index in [2.05, 4.69) is 15.6 Å². The lowest BCUT2D eigenvalue weighted by Crippen LogP contribution is -2.33. The Morgan fingerprint density at radius 3 is 2.67 bits per heavy atom. The van der Waals surface area contributed by atoms with E-state index in [9.17, 15) is 13.6 Å². The van der Waals surface area contributed by atoms with Gasteiger partial charge in [-0.05, 0) is 36.5 Å². The minimum atomic E-state index is -0.909. The maximum absolute atomic E-state index is 13.5. The third kappa shape index (κ3) is 7.59. The predicted molar refractivity (Wildman–Crippen MR) is 107 cm³/mol. The van der Waals surface area contributed by atoms with Crippen molar-refractivity contribution in [1.82, 2.24) is 5.32 Å². The number of nitrogens with zero attached hydrogens (tertiary/aromatic N) is 1. The Kier molecular flexibility index (Phi) is 7.96. The molecule has 0 fully saturated rings. The van der Waals surface area contributed by atoms with Gasteiger partial charge in [-0.2, -0.15) is 4.99 Å². The topological polar surface area (TPSA) is 88.7 Å². The maximum atomic E-state index is 13.5. The molecular formula is C17H16F2N4O2S2. The van der Waals surface area contributed by atoms with E-state index in [1.54, 1.807) is 0 Å². The Morgan fingerprint density at radius 1 is 1.22 bits per heavy atom. The number of hydrogen-bond donors (Lipinski definition) is 3. The standard InChI is InChI=1S/C17H16F2N4O2S2/c18-11-6-7-14(13(19)10-11)21-16(24)23-17(26)22-15(20)27-9-8-25-12-4-2-1-3-5-12/h1-7,10H,8-9H2,(H4,20,21,22,23,24,26). The molecule has 0 saturated heterocycles. The molecule has 0 aliphatic heterocycles. The van der Waals surface area contributed by atoms with Crippen LogP contribution < -0.4 is 21.1 Å². The minimum Gasteiger partial charge on any atom is -0.493 e. The van der Waals surface area contributed by atoms with Gasteiger partial charge < -0.3 is 15.8 Å². The van der Waals surface area contributed by atoms with Gasteiger partial charge in [0.25, 0.3) is 0 Å². The van der Waals surface area contributed by atoms with Crippen LogP contribution in [-0.4, -0.2) is 28.7 Å². The molecule has 0 aliphatic rings. The van der Waals surface area contributed by atoms with E-state index in [-0.39, 0.29) is 16.0 Å². The summed E-state index contributed by atoms with van der Waals surface area (Å²) in [7, 11) is 0. The number of thioether (sulfide) groups is 1. The first-order valence-corrected chi connectivity index (χ1v) is 9.05. The highest BCUT2D eigenvalue weighted by Crippen LogP contribution is 2.14. The number of amidine groups is 1. The second-order valence-corrected chi connectivity index (χ2v) is 6.47. The van der Waals surface area contributed by atoms with Crippen LogP contribution in [0, 0.1) is 11.6 Å². The van der Waals surface area contributed by atoms with Crippen molar-refractivity contribution in [2.45, 2.75) is 0 Å². The Morgan fingerprint density at radius 2 is 1.96 bits per heavy atom. The molecule has 0 aliphatic carbocycles. The minimum absolute atomic E-state index is 0.143. The van der Waals surface area contributed by atoms with Gasteiger partial charge in [0.1, 0.15) is 17.4 Å². The molecule has 0 saturated carbocycles. The molecule has 10 heteroatoms. The second-order valence-electron chi connectivity index (χ2n) is 4.97. The molecule has 2 aromatic carbocycles. The number of carbonyl (C=O) groups is 1. The quantitative estimate of drug-likeness (QED) is 0.304. The van der Waals surface area contributed by atoms with Crippen LogP contribution in [0.15, 0.2) is 53.5 Å². The number of hydrogen-bond acceptors (Lipinski definition) is 4. The number of nitrogens with two attached hydrogens (primary N) is 1. The summed E-state index contributed by atoms with van der Waals surface area (Å²) < 4.78 is 31.8. The molecule has 142 valence electrons. The number of carbonyl (C=O) groups excluding carboxylic acids is 1. The fourth-order valence-corrected chi connectivity index (χ4v) is 2.60. The fraction of sp³-hybridized carbons (Fsp3) is 0.118. The first-order valence-electron chi connectivity index (χ1n) is 7.66. The molecule has 2 amide bonds. The predicted octanol–water partition coefficient (Wildman–Crippen LogP) is 3.50. The lowest BCUT2D eigenvalue weighted by molar-refractivity contribution is 0.256. The highest BCUT2D eigenvalue weighted by molar-refractivity contribution is 8.13. The summed E-state index contributed by atoms with van der Waals surface area (Å²) >= 11 is 6.09. The lowest BCUT2D eigenvalue weighted by atomic mass is 10.3. The van der Waals surface area contributed by atoms with Crippen LogP contribution in [0.4, 0.5) is 19.3 Å². The molecular weight excluding hydrogens is 394 g/mol. The summed E-state index contributed by atoms with van der Waals surface area (Å²) in [5, 5.41) is 4.37. The summed E-state index contributed by atoms with van der Waals surface area (Å²) in [4.78, 5) is 15.6. The highest BCUT2D eigenvalue weighted by Gasteiger charge is 2.09. The molecule has 0 bridgehead atoms. The van der Waals surface area contributed by atoms with Crippen LogP contribution in [0.5, 0.6) is 5.75 Å². The smallest absolute Gasteiger partial charge is 0.325 e. The van der Waals surface area contributed by atoms with Crippen molar-refractivity contribution >= 4 is 46.0 Å². The SMILES string of the molecule is N/C(=N\C(=S)NC(=O)Nc1ccc(F)cc1F)SCCOc1ccccc1. The van der Waals surface area contributed by atoms with Gasteiger partial charge in [-0.25, -0.2) is 13.6 Å². The lowest BCUT2D eigenvalue weighted by Gasteiger charge is -2.08. The molecule has 0 spiro atoms. The summed E-state index contributed by atoms with van der Waals surface area (Å²) in [6.07, 6.45) is 0. The van der Waals surface area contributed by atoms with E-state index in [0.717, 1.165) is 17.9 Å². The normalized spacial score (nSPS) is 11.0. The molecule has 0 atom stereocenters. The zero-order valence-corrected chi connectivity index (χ0v) is 15.6. The Bertz CT molecular complexity index is 835. The Balaban J connectivity index is 1.73. The largest absolute Gasteiger partial charge is 0.493 e. The Labute approximate surface area is 164 Å². The average molecular weight is 410 g/mol.